The van der Waals surface area contributed by atoms with Gasteiger partial charge in [-0.2, -0.15) is 0 Å². The van der Waals surface area contributed by atoms with Gasteiger partial charge in [0.15, 0.2) is 0 Å². The fourth-order valence-electron chi connectivity index (χ4n) is 1.59. The smallest absolute Gasteiger partial charge is 0.228 e. The zero-order chi connectivity index (χ0) is 13.8. The third-order valence-corrected chi connectivity index (χ3v) is 4.30. The van der Waals surface area contributed by atoms with Crippen LogP contribution >= 0.6 is 27.3 Å². The molecule has 0 bridgehead atoms. The third-order valence-electron chi connectivity index (χ3n) is 2.62. The number of amides is 1. The zero-order valence-corrected chi connectivity index (χ0v) is 12.9. The third kappa shape index (κ3) is 4.04. The maximum Gasteiger partial charge on any atom is 0.228 e. The van der Waals surface area contributed by atoms with Crippen molar-refractivity contribution in [3.8, 4) is 0 Å². The van der Waals surface area contributed by atoms with E-state index in [4.69, 9.17) is 5.73 Å². The normalized spacial score (nSPS) is 10.4. The summed E-state index contributed by atoms with van der Waals surface area (Å²) in [6.45, 7) is 0.615. The molecule has 4 nitrogen and oxygen atoms in total. The number of carbonyl (C=O) groups is 1. The topological polar surface area (TPSA) is 59.2 Å². The average molecular weight is 340 g/mol. The Morgan fingerprint density at radius 2 is 2.32 bits per heavy atom. The van der Waals surface area contributed by atoms with E-state index >= 15 is 0 Å². The van der Waals surface area contributed by atoms with E-state index in [1.807, 2.05) is 11.4 Å². The predicted molar refractivity (Wildman–Crippen MR) is 80.8 cm³/mol. The van der Waals surface area contributed by atoms with Crippen LogP contribution in [0, 0.1) is 0 Å². The van der Waals surface area contributed by atoms with Crippen molar-refractivity contribution in [1.29, 1.82) is 0 Å². The Morgan fingerprint density at radius 3 is 2.89 bits per heavy atom. The van der Waals surface area contributed by atoms with Crippen molar-refractivity contribution in [3.63, 3.8) is 0 Å². The van der Waals surface area contributed by atoms with Crippen LogP contribution in [-0.2, 0) is 17.8 Å². The van der Waals surface area contributed by atoms with E-state index in [2.05, 4.69) is 20.9 Å². The van der Waals surface area contributed by atoms with E-state index in [-0.39, 0.29) is 5.91 Å². The van der Waals surface area contributed by atoms with Crippen molar-refractivity contribution in [2.45, 2.75) is 13.0 Å². The summed E-state index contributed by atoms with van der Waals surface area (Å²) in [6.07, 6.45) is 1.86. The predicted octanol–water partition coefficient (Wildman–Crippen LogP) is 2.69. The van der Waals surface area contributed by atoms with E-state index in [0.717, 1.165) is 15.0 Å². The van der Waals surface area contributed by atoms with Crippen molar-refractivity contribution in [3.05, 3.63) is 44.8 Å². The molecule has 1 amide bonds. The number of halogens is 1. The highest BCUT2D eigenvalue weighted by Gasteiger charge is 2.11. The van der Waals surface area contributed by atoms with Crippen LogP contribution in [-0.4, -0.2) is 22.8 Å². The molecule has 0 unspecified atom stereocenters. The number of thiophene rings is 1. The van der Waals surface area contributed by atoms with E-state index in [0.29, 0.717) is 18.7 Å². The van der Waals surface area contributed by atoms with Gasteiger partial charge in [0, 0.05) is 27.5 Å². The number of anilines is 1. The number of rotatable bonds is 4. The van der Waals surface area contributed by atoms with Gasteiger partial charge in [0.05, 0.1) is 24.8 Å². The monoisotopic (exact) mass is 339 g/mol. The first-order valence-corrected chi connectivity index (χ1v) is 7.39. The minimum absolute atomic E-state index is 0.0433. The molecule has 0 aliphatic carbocycles. The van der Waals surface area contributed by atoms with E-state index in [1.54, 1.807) is 41.6 Å². The van der Waals surface area contributed by atoms with Crippen molar-refractivity contribution >= 4 is 38.9 Å². The van der Waals surface area contributed by atoms with Crippen molar-refractivity contribution in [1.82, 2.24) is 9.88 Å². The molecule has 2 heterocycles. The lowest BCUT2D eigenvalue weighted by molar-refractivity contribution is -0.129. The summed E-state index contributed by atoms with van der Waals surface area (Å²) in [5.41, 5.74) is 6.90. The Morgan fingerprint density at radius 1 is 1.53 bits per heavy atom. The number of hydrogen-bond donors (Lipinski definition) is 1. The highest BCUT2D eigenvalue weighted by Crippen LogP contribution is 2.21. The summed E-state index contributed by atoms with van der Waals surface area (Å²) in [4.78, 5) is 19.0. The molecule has 2 aromatic heterocycles. The van der Waals surface area contributed by atoms with Crippen LogP contribution in [0.4, 0.5) is 5.69 Å². The second kappa shape index (κ2) is 6.16. The standard InChI is InChI=1S/C13H14BrN3OS/c1-17(7-12-4-9(14)8-19-12)13(18)5-11-3-2-10(15)6-16-11/h2-4,6,8H,5,7,15H2,1H3. The van der Waals surface area contributed by atoms with Gasteiger partial charge >= 0.3 is 0 Å². The van der Waals surface area contributed by atoms with Crippen LogP contribution in [0.15, 0.2) is 34.2 Å². The molecule has 0 aromatic carbocycles. The highest BCUT2D eigenvalue weighted by atomic mass is 79.9. The van der Waals surface area contributed by atoms with Crippen LogP contribution in [0.2, 0.25) is 0 Å². The number of hydrogen-bond acceptors (Lipinski definition) is 4. The number of likely N-dealkylation sites (N-methyl/N-ethyl adjacent to an activating group) is 1. The lowest BCUT2D eigenvalue weighted by Gasteiger charge is -2.15. The molecule has 2 rings (SSSR count). The maximum atomic E-state index is 12.1. The lowest BCUT2D eigenvalue weighted by atomic mass is 10.2. The molecule has 100 valence electrons. The minimum atomic E-state index is 0.0433. The van der Waals surface area contributed by atoms with Crippen LogP contribution in [0.5, 0.6) is 0 Å². The van der Waals surface area contributed by atoms with Gasteiger partial charge in [-0.05, 0) is 34.1 Å². The van der Waals surface area contributed by atoms with Crippen molar-refractivity contribution < 1.29 is 4.79 Å². The number of nitrogen functional groups attached to an aromatic ring is 1. The first kappa shape index (κ1) is 14.0. The van der Waals surface area contributed by atoms with Crippen LogP contribution in [0.1, 0.15) is 10.6 Å². The quantitative estimate of drug-likeness (QED) is 0.931. The molecule has 0 aliphatic heterocycles. The highest BCUT2D eigenvalue weighted by molar-refractivity contribution is 9.10. The molecule has 19 heavy (non-hydrogen) atoms. The number of nitrogens with zero attached hydrogens (tertiary/aromatic N) is 2. The summed E-state index contributed by atoms with van der Waals surface area (Å²) >= 11 is 5.04. The molecule has 0 saturated carbocycles. The van der Waals surface area contributed by atoms with Gasteiger partial charge in [-0.1, -0.05) is 0 Å². The summed E-state index contributed by atoms with van der Waals surface area (Å²) in [5, 5.41) is 2.01. The first-order chi connectivity index (χ1) is 9.04. The Kier molecular flexibility index (Phi) is 4.55. The molecule has 0 saturated heterocycles. The second-order valence-electron chi connectivity index (χ2n) is 4.24. The largest absolute Gasteiger partial charge is 0.397 e. The minimum Gasteiger partial charge on any atom is -0.397 e. The van der Waals surface area contributed by atoms with Crippen LogP contribution < -0.4 is 5.73 Å². The SMILES string of the molecule is CN(Cc1cc(Br)cs1)C(=O)Cc1ccc(N)cn1. The number of aromatic nitrogens is 1. The molecular formula is C13H14BrN3OS. The van der Waals surface area contributed by atoms with E-state index < -0.39 is 0 Å². The lowest BCUT2D eigenvalue weighted by Crippen LogP contribution is -2.27. The molecule has 0 fully saturated rings. The van der Waals surface area contributed by atoms with Crippen molar-refractivity contribution in [2.24, 2.45) is 0 Å². The summed E-state index contributed by atoms with van der Waals surface area (Å²) in [7, 11) is 1.80. The summed E-state index contributed by atoms with van der Waals surface area (Å²) < 4.78 is 1.05. The van der Waals surface area contributed by atoms with E-state index in [9.17, 15) is 4.79 Å². The number of nitrogens with two attached hydrogens (primary N) is 1. The van der Waals surface area contributed by atoms with Gasteiger partial charge in [0.2, 0.25) is 5.91 Å². The van der Waals surface area contributed by atoms with Crippen LogP contribution in [0.25, 0.3) is 0 Å². The maximum absolute atomic E-state index is 12.1. The molecular weight excluding hydrogens is 326 g/mol. The fraction of sp³-hybridized carbons (Fsp3) is 0.231. The second-order valence-corrected chi connectivity index (χ2v) is 6.15. The Labute approximate surface area is 124 Å². The van der Waals surface area contributed by atoms with Gasteiger partial charge in [0.25, 0.3) is 0 Å². The molecule has 2 N–H and O–H groups in total. The number of pyridine rings is 1. The number of carbonyl (C=O) groups excluding carboxylic acids is 1. The van der Waals surface area contributed by atoms with Gasteiger partial charge < -0.3 is 10.6 Å². The zero-order valence-electron chi connectivity index (χ0n) is 10.5. The molecule has 0 radical (unpaired) electrons. The Bertz CT molecular complexity index is 568. The molecule has 0 aliphatic rings. The summed E-state index contributed by atoms with van der Waals surface area (Å²) in [5.74, 6) is 0.0433. The fourth-order valence-corrected chi connectivity index (χ4v) is 3.09. The van der Waals surface area contributed by atoms with Gasteiger partial charge in [-0.15, -0.1) is 11.3 Å². The van der Waals surface area contributed by atoms with Crippen LogP contribution in [0.3, 0.4) is 0 Å². The molecule has 6 heteroatoms. The first-order valence-electron chi connectivity index (χ1n) is 5.72. The molecule has 0 atom stereocenters. The van der Waals surface area contributed by atoms with Gasteiger partial charge in [-0.3, -0.25) is 9.78 Å². The molecule has 0 spiro atoms. The van der Waals surface area contributed by atoms with Gasteiger partial charge in [-0.25, -0.2) is 0 Å². The van der Waals surface area contributed by atoms with Gasteiger partial charge in [0.1, 0.15) is 0 Å². The van der Waals surface area contributed by atoms with Crippen molar-refractivity contribution in [2.75, 3.05) is 12.8 Å². The molecule has 2 aromatic rings. The van der Waals surface area contributed by atoms with E-state index in [1.165, 1.54) is 0 Å². The Hall–Kier alpha value is -1.40. The summed E-state index contributed by atoms with van der Waals surface area (Å²) in [6, 6.07) is 5.56. The Balaban J connectivity index is 1.94. The average Bonchev–Trinajstić information content (AvgIpc) is 2.77.